The second-order valence-electron chi connectivity index (χ2n) is 2.44. The summed E-state index contributed by atoms with van der Waals surface area (Å²) in [6.07, 6.45) is 2.88. The summed E-state index contributed by atoms with van der Waals surface area (Å²) in [5, 5.41) is 10.8. The molecule has 2 heteroatoms. The first-order valence-corrected chi connectivity index (χ1v) is 4.08. The topological polar surface area (TPSA) is 29.1 Å². The van der Waals surface area contributed by atoms with Crippen molar-refractivity contribution in [2.75, 3.05) is 6.61 Å². The average molecular weight is 145 g/mol. The van der Waals surface area contributed by atoms with Gasteiger partial charge >= 0.3 is 0 Å². The lowest BCUT2D eigenvalue weighted by Gasteiger charge is -2.06. The van der Waals surface area contributed by atoms with E-state index in [-0.39, 0.29) is 0 Å². The first-order valence-electron chi connectivity index (χ1n) is 4.08. The Morgan fingerprint density at radius 1 is 1.30 bits per heavy atom. The highest BCUT2D eigenvalue weighted by Crippen LogP contribution is 1.99. The van der Waals surface area contributed by atoms with Crippen LogP contribution in [0, 0.1) is 0 Å². The predicted octanol–water partition coefficient (Wildman–Crippen LogP) is 2.36. The summed E-state index contributed by atoms with van der Waals surface area (Å²) in [6.45, 7) is 4.71. The summed E-state index contributed by atoms with van der Waals surface area (Å²) in [5.74, 6) is 0. The van der Waals surface area contributed by atoms with Crippen LogP contribution >= 0.6 is 0 Å². The summed E-state index contributed by atoms with van der Waals surface area (Å²) >= 11 is 0. The molecular formula is C8H17O2. The zero-order chi connectivity index (χ0) is 7.82. The van der Waals surface area contributed by atoms with Crippen LogP contribution in [-0.4, -0.2) is 12.9 Å². The Balaban J connectivity index is 2.97. The molecule has 0 aliphatic heterocycles. The molecule has 61 valence electrons. The minimum atomic E-state index is -0.781. The molecule has 1 unspecified atom stereocenters. The zero-order valence-corrected chi connectivity index (χ0v) is 6.93. The third kappa shape index (κ3) is 6.05. The molecule has 1 radical (unpaired) electrons. The van der Waals surface area contributed by atoms with Gasteiger partial charge < -0.3 is 4.74 Å². The van der Waals surface area contributed by atoms with Gasteiger partial charge in [-0.1, -0.05) is 26.7 Å². The molecule has 0 aromatic heterocycles. The van der Waals surface area contributed by atoms with Crippen molar-refractivity contribution in [2.45, 2.75) is 45.8 Å². The third-order valence-corrected chi connectivity index (χ3v) is 1.33. The molecule has 0 spiro atoms. The van der Waals surface area contributed by atoms with Gasteiger partial charge in [0.1, 0.15) is 0 Å². The largest absolute Gasteiger partial charge is 0.350 e. The summed E-state index contributed by atoms with van der Waals surface area (Å²) in [6, 6.07) is 0. The first kappa shape index (κ1) is 9.92. The fourth-order valence-electron chi connectivity index (χ4n) is 0.678. The molecule has 0 amide bonds. The van der Waals surface area contributed by atoms with Crippen molar-refractivity contribution in [3.8, 4) is 0 Å². The van der Waals surface area contributed by atoms with Crippen LogP contribution in [0.4, 0.5) is 0 Å². The van der Waals surface area contributed by atoms with Gasteiger partial charge in [0.15, 0.2) is 6.29 Å². The monoisotopic (exact) mass is 145 g/mol. The van der Waals surface area contributed by atoms with E-state index in [0.717, 1.165) is 19.3 Å². The molecule has 0 saturated carbocycles. The first-order chi connectivity index (χ1) is 4.81. The standard InChI is InChI=1S/C8H17O2/c1-3-5-7-10-8(9)6-4-2/h8H,3-7H2,1-2H3. The van der Waals surface area contributed by atoms with Crippen LogP contribution in [0.2, 0.25) is 0 Å². The SMILES string of the molecule is CCCCOC([O])CCC. The fourth-order valence-corrected chi connectivity index (χ4v) is 0.678. The van der Waals surface area contributed by atoms with Gasteiger partial charge in [-0.2, -0.15) is 0 Å². The van der Waals surface area contributed by atoms with Gasteiger partial charge in [-0.25, -0.2) is 5.11 Å². The maximum absolute atomic E-state index is 10.8. The van der Waals surface area contributed by atoms with Gasteiger partial charge in [0.05, 0.1) is 0 Å². The Kier molecular flexibility index (Phi) is 6.98. The van der Waals surface area contributed by atoms with Crippen molar-refractivity contribution < 1.29 is 9.84 Å². The Hall–Kier alpha value is -0.0800. The van der Waals surface area contributed by atoms with Crippen molar-refractivity contribution in [2.24, 2.45) is 0 Å². The zero-order valence-electron chi connectivity index (χ0n) is 6.93. The smallest absolute Gasteiger partial charge is 0.191 e. The third-order valence-electron chi connectivity index (χ3n) is 1.33. The molecule has 0 bridgehead atoms. The molecule has 0 rings (SSSR count). The molecule has 0 heterocycles. The Labute approximate surface area is 63.2 Å². The van der Waals surface area contributed by atoms with Gasteiger partial charge in [-0.3, -0.25) is 0 Å². The summed E-state index contributed by atoms with van der Waals surface area (Å²) in [4.78, 5) is 0. The molecule has 10 heavy (non-hydrogen) atoms. The van der Waals surface area contributed by atoms with Gasteiger partial charge in [0, 0.05) is 13.0 Å². The number of rotatable bonds is 6. The molecule has 0 aliphatic rings. The highest BCUT2D eigenvalue weighted by molar-refractivity contribution is 4.39. The molecule has 0 fully saturated rings. The minimum Gasteiger partial charge on any atom is -0.350 e. The predicted molar refractivity (Wildman–Crippen MR) is 40.2 cm³/mol. The van der Waals surface area contributed by atoms with E-state index in [4.69, 9.17) is 4.74 Å². The summed E-state index contributed by atoms with van der Waals surface area (Å²) in [5.41, 5.74) is 0. The molecular weight excluding hydrogens is 128 g/mol. The minimum absolute atomic E-state index is 0.630. The lowest BCUT2D eigenvalue weighted by atomic mass is 10.3. The average Bonchev–Trinajstić information content (AvgIpc) is 1.89. The van der Waals surface area contributed by atoms with Gasteiger partial charge in [0.25, 0.3) is 0 Å². The van der Waals surface area contributed by atoms with E-state index in [2.05, 4.69) is 6.92 Å². The number of unbranched alkanes of at least 4 members (excludes halogenated alkanes) is 1. The van der Waals surface area contributed by atoms with Crippen LogP contribution in [0.3, 0.4) is 0 Å². The van der Waals surface area contributed by atoms with Crippen molar-refractivity contribution in [1.82, 2.24) is 0 Å². The number of ether oxygens (including phenoxy) is 1. The van der Waals surface area contributed by atoms with Crippen LogP contribution in [0.15, 0.2) is 0 Å². The molecule has 0 N–H and O–H groups in total. The van der Waals surface area contributed by atoms with Crippen LogP contribution in [0.25, 0.3) is 0 Å². The molecule has 1 atom stereocenters. The van der Waals surface area contributed by atoms with E-state index in [1.807, 2.05) is 6.92 Å². The fraction of sp³-hybridized carbons (Fsp3) is 1.00. The van der Waals surface area contributed by atoms with Crippen LogP contribution in [-0.2, 0) is 9.84 Å². The van der Waals surface area contributed by atoms with Gasteiger partial charge in [-0.05, 0) is 6.42 Å². The van der Waals surface area contributed by atoms with Gasteiger partial charge in [0.2, 0.25) is 0 Å². The van der Waals surface area contributed by atoms with E-state index < -0.39 is 6.29 Å². The number of hydrogen-bond donors (Lipinski definition) is 0. The summed E-state index contributed by atoms with van der Waals surface area (Å²) < 4.78 is 4.97. The molecule has 0 aliphatic carbocycles. The Morgan fingerprint density at radius 3 is 2.50 bits per heavy atom. The molecule has 0 aromatic rings. The molecule has 0 aromatic carbocycles. The Bertz CT molecular complexity index is 64.3. The number of hydrogen-bond acceptors (Lipinski definition) is 1. The lowest BCUT2D eigenvalue weighted by molar-refractivity contribution is -0.143. The van der Waals surface area contributed by atoms with Crippen LogP contribution < -0.4 is 0 Å². The highest BCUT2D eigenvalue weighted by atomic mass is 16.6. The molecule has 2 nitrogen and oxygen atoms in total. The second-order valence-corrected chi connectivity index (χ2v) is 2.44. The summed E-state index contributed by atoms with van der Waals surface area (Å²) in [7, 11) is 0. The highest BCUT2D eigenvalue weighted by Gasteiger charge is 2.02. The van der Waals surface area contributed by atoms with Crippen LogP contribution in [0.5, 0.6) is 0 Å². The quantitative estimate of drug-likeness (QED) is 0.416. The van der Waals surface area contributed by atoms with E-state index in [0.29, 0.717) is 13.0 Å². The van der Waals surface area contributed by atoms with Crippen molar-refractivity contribution >= 4 is 0 Å². The van der Waals surface area contributed by atoms with Crippen molar-refractivity contribution in [3.05, 3.63) is 0 Å². The van der Waals surface area contributed by atoms with Crippen molar-refractivity contribution in [3.63, 3.8) is 0 Å². The van der Waals surface area contributed by atoms with E-state index >= 15 is 0 Å². The Morgan fingerprint density at radius 2 is 2.00 bits per heavy atom. The lowest BCUT2D eigenvalue weighted by Crippen LogP contribution is -2.10. The normalized spacial score (nSPS) is 13.5. The van der Waals surface area contributed by atoms with E-state index in [1.54, 1.807) is 0 Å². The van der Waals surface area contributed by atoms with Crippen LogP contribution in [0.1, 0.15) is 39.5 Å². The van der Waals surface area contributed by atoms with Gasteiger partial charge in [-0.15, -0.1) is 0 Å². The second kappa shape index (κ2) is 7.03. The molecule has 0 saturated heterocycles. The van der Waals surface area contributed by atoms with Crippen molar-refractivity contribution in [1.29, 1.82) is 0 Å². The van der Waals surface area contributed by atoms with E-state index in [1.165, 1.54) is 0 Å². The van der Waals surface area contributed by atoms with E-state index in [9.17, 15) is 5.11 Å². The maximum Gasteiger partial charge on any atom is 0.191 e. The maximum atomic E-state index is 10.8.